The molecule has 1 N–H and O–H groups in total. The molecule has 0 saturated carbocycles. The second kappa shape index (κ2) is 6.17. The van der Waals surface area contributed by atoms with Gasteiger partial charge in [-0.15, -0.1) is 0 Å². The highest BCUT2D eigenvalue weighted by atomic mass is 79.9. The lowest BCUT2D eigenvalue weighted by molar-refractivity contribution is -0.121. The van der Waals surface area contributed by atoms with E-state index < -0.39 is 5.95 Å². The van der Waals surface area contributed by atoms with Gasteiger partial charge in [-0.3, -0.25) is 9.48 Å². The molecule has 0 fully saturated rings. The fraction of sp³-hybridized carbons (Fsp3) is 0.333. The third-order valence-electron chi connectivity index (χ3n) is 2.77. The highest BCUT2D eigenvalue weighted by Gasteiger charge is 2.10. The van der Waals surface area contributed by atoms with Crippen molar-refractivity contribution in [3.63, 3.8) is 0 Å². The summed E-state index contributed by atoms with van der Waals surface area (Å²) < 4.78 is 17.0. The molecule has 0 aliphatic heterocycles. The maximum Gasteiger partial charge on any atom is 0.261 e. The minimum absolute atomic E-state index is 0.0261. The number of carbonyl (C=O) groups excluding carboxylic acids is 1. The van der Waals surface area contributed by atoms with Gasteiger partial charge in [0.15, 0.2) is 0 Å². The molecule has 0 unspecified atom stereocenters. The van der Waals surface area contributed by atoms with E-state index in [-0.39, 0.29) is 18.0 Å². The average molecular weight is 357 g/mol. The van der Waals surface area contributed by atoms with E-state index in [9.17, 15) is 9.18 Å². The first-order valence-electron chi connectivity index (χ1n) is 6.09. The topological polar surface area (TPSA) is 77.1 Å². The van der Waals surface area contributed by atoms with Gasteiger partial charge in [0.2, 0.25) is 5.95 Å². The largest absolute Gasteiger partial charge is 0.271 e. The Morgan fingerprint density at radius 3 is 2.71 bits per heavy atom. The summed E-state index contributed by atoms with van der Waals surface area (Å²) in [5, 5.41) is 11.8. The molecule has 0 aliphatic rings. The van der Waals surface area contributed by atoms with Gasteiger partial charge in [0, 0.05) is 13.2 Å². The van der Waals surface area contributed by atoms with Crippen molar-refractivity contribution in [2.45, 2.75) is 20.4 Å². The maximum atomic E-state index is 13.6. The number of nitrogens with zero attached hydrogens (tertiary/aromatic N) is 5. The zero-order valence-corrected chi connectivity index (χ0v) is 13.3. The van der Waals surface area contributed by atoms with Crippen LogP contribution < -0.4 is 5.43 Å². The number of carbonyl (C=O) groups is 1. The second-order valence-corrected chi connectivity index (χ2v) is 5.32. The first kappa shape index (κ1) is 15.4. The van der Waals surface area contributed by atoms with Crippen LogP contribution in [0.15, 0.2) is 15.8 Å². The molecular weight excluding hydrogens is 343 g/mol. The third kappa shape index (κ3) is 3.54. The van der Waals surface area contributed by atoms with Crippen molar-refractivity contribution in [1.82, 2.24) is 25.0 Å². The number of hydrogen-bond donors (Lipinski definition) is 1. The van der Waals surface area contributed by atoms with E-state index in [1.165, 1.54) is 17.9 Å². The van der Waals surface area contributed by atoms with E-state index in [4.69, 9.17) is 0 Å². The Morgan fingerprint density at radius 1 is 1.48 bits per heavy atom. The maximum absolute atomic E-state index is 13.6. The second-order valence-electron chi connectivity index (χ2n) is 4.47. The lowest BCUT2D eigenvalue weighted by atomic mass is 10.3. The van der Waals surface area contributed by atoms with Crippen molar-refractivity contribution < 1.29 is 9.18 Å². The number of nitrogens with one attached hydrogen (secondary N) is 1. The summed E-state index contributed by atoms with van der Waals surface area (Å²) >= 11 is 3.31. The van der Waals surface area contributed by atoms with Gasteiger partial charge in [-0.25, -0.2) is 10.1 Å². The van der Waals surface area contributed by atoms with E-state index in [1.54, 1.807) is 13.1 Å². The van der Waals surface area contributed by atoms with E-state index in [0.29, 0.717) is 5.69 Å². The lowest BCUT2D eigenvalue weighted by Crippen LogP contribution is -2.23. The van der Waals surface area contributed by atoms with Crippen molar-refractivity contribution in [2.75, 3.05) is 0 Å². The van der Waals surface area contributed by atoms with Gasteiger partial charge in [0.25, 0.3) is 5.91 Å². The Labute approximate surface area is 129 Å². The van der Waals surface area contributed by atoms with Crippen LogP contribution in [0.4, 0.5) is 4.39 Å². The van der Waals surface area contributed by atoms with Crippen molar-refractivity contribution in [2.24, 2.45) is 12.1 Å². The molecule has 21 heavy (non-hydrogen) atoms. The monoisotopic (exact) mass is 356 g/mol. The van der Waals surface area contributed by atoms with E-state index >= 15 is 0 Å². The fourth-order valence-corrected chi connectivity index (χ4v) is 2.03. The van der Waals surface area contributed by atoms with Crippen LogP contribution in [0.2, 0.25) is 0 Å². The number of hydrogen-bond acceptors (Lipinski definition) is 4. The minimum Gasteiger partial charge on any atom is -0.271 e. The summed E-state index contributed by atoms with van der Waals surface area (Å²) in [6.45, 7) is 3.51. The SMILES string of the molecule is Cc1nn(CC(=O)N/N=C\c2c(C)nn(C)c2F)cc1Br. The molecule has 2 aromatic rings. The van der Waals surface area contributed by atoms with Crippen LogP contribution in [0.5, 0.6) is 0 Å². The van der Waals surface area contributed by atoms with Gasteiger partial charge in [-0.05, 0) is 29.8 Å². The first-order valence-corrected chi connectivity index (χ1v) is 6.88. The molecule has 0 saturated heterocycles. The lowest BCUT2D eigenvalue weighted by Gasteiger charge is -1.99. The van der Waals surface area contributed by atoms with Gasteiger partial charge >= 0.3 is 0 Å². The molecule has 1 amide bonds. The van der Waals surface area contributed by atoms with Crippen LogP contribution in [0, 0.1) is 19.8 Å². The first-order chi connectivity index (χ1) is 9.88. The standard InChI is InChI=1S/C12H14BrFN6O/c1-7-9(12(14)19(3)17-7)4-15-16-11(21)6-20-5-10(13)8(2)18-20/h4-5H,6H2,1-3H3,(H,16,21)/b15-4-. The molecule has 0 atom stereocenters. The summed E-state index contributed by atoms with van der Waals surface area (Å²) in [5.74, 6) is -0.861. The van der Waals surface area contributed by atoms with Gasteiger partial charge in [-0.2, -0.15) is 19.7 Å². The van der Waals surface area contributed by atoms with Gasteiger partial charge in [-0.1, -0.05) is 0 Å². The molecule has 0 bridgehead atoms. The summed E-state index contributed by atoms with van der Waals surface area (Å²) in [6, 6.07) is 0. The molecule has 9 heteroatoms. The zero-order chi connectivity index (χ0) is 15.6. The fourth-order valence-electron chi connectivity index (χ4n) is 1.72. The molecule has 0 radical (unpaired) electrons. The smallest absolute Gasteiger partial charge is 0.261 e. The normalized spacial score (nSPS) is 11.3. The van der Waals surface area contributed by atoms with E-state index in [0.717, 1.165) is 14.8 Å². The number of halogens is 2. The number of aryl methyl sites for hydroxylation is 3. The summed E-state index contributed by atoms with van der Waals surface area (Å²) in [5.41, 5.74) is 3.86. The van der Waals surface area contributed by atoms with Crippen LogP contribution in [0.3, 0.4) is 0 Å². The van der Waals surface area contributed by atoms with Gasteiger partial charge in [0.1, 0.15) is 6.54 Å². The third-order valence-corrected chi connectivity index (χ3v) is 3.55. The Kier molecular flexibility index (Phi) is 4.51. The molecule has 2 aromatic heterocycles. The summed E-state index contributed by atoms with van der Waals surface area (Å²) in [7, 11) is 1.50. The van der Waals surface area contributed by atoms with Crippen LogP contribution in [-0.4, -0.2) is 31.7 Å². The highest BCUT2D eigenvalue weighted by molar-refractivity contribution is 9.10. The molecule has 0 aliphatic carbocycles. The highest BCUT2D eigenvalue weighted by Crippen LogP contribution is 2.12. The van der Waals surface area contributed by atoms with Crippen LogP contribution in [0.25, 0.3) is 0 Å². The number of amides is 1. The number of aromatic nitrogens is 4. The minimum atomic E-state index is -0.503. The number of hydrazone groups is 1. The van der Waals surface area contributed by atoms with Crippen molar-refractivity contribution >= 4 is 28.1 Å². The number of rotatable bonds is 4. The molecule has 112 valence electrons. The summed E-state index contributed by atoms with van der Waals surface area (Å²) in [4.78, 5) is 11.7. The van der Waals surface area contributed by atoms with Gasteiger partial charge in [0.05, 0.1) is 27.6 Å². The van der Waals surface area contributed by atoms with Crippen LogP contribution >= 0.6 is 15.9 Å². The Balaban J connectivity index is 1.96. The van der Waals surface area contributed by atoms with E-state index in [1.807, 2.05) is 6.92 Å². The summed E-state index contributed by atoms with van der Waals surface area (Å²) in [6.07, 6.45) is 2.93. The van der Waals surface area contributed by atoms with Crippen LogP contribution in [0.1, 0.15) is 17.0 Å². The van der Waals surface area contributed by atoms with E-state index in [2.05, 4.69) is 36.7 Å². The molecule has 0 spiro atoms. The molecule has 2 rings (SSSR count). The molecule has 0 aromatic carbocycles. The Bertz CT molecular complexity index is 685. The Hall–Kier alpha value is -2.03. The predicted molar refractivity (Wildman–Crippen MR) is 78.3 cm³/mol. The quantitative estimate of drug-likeness (QED) is 0.662. The van der Waals surface area contributed by atoms with Crippen molar-refractivity contribution in [3.8, 4) is 0 Å². The van der Waals surface area contributed by atoms with Crippen molar-refractivity contribution in [3.05, 3.63) is 33.6 Å². The Morgan fingerprint density at radius 2 is 2.19 bits per heavy atom. The van der Waals surface area contributed by atoms with Gasteiger partial charge < -0.3 is 0 Å². The zero-order valence-electron chi connectivity index (χ0n) is 11.8. The molecule has 2 heterocycles. The van der Waals surface area contributed by atoms with Crippen molar-refractivity contribution in [1.29, 1.82) is 0 Å². The molecular formula is C12H14BrFN6O. The predicted octanol–water partition coefficient (Wildman–Crippen LogP) is 1.29. The molecule has 7 nitrogen and oxygen atoms in total. The average Bonchev–Trinajstić information content (AvgIpc) is 2.83. The van der Waals surface area contributed by atoms with Crippen LogP contribution in [-0.2, 0) is 18.4 Å².